The van der Waals surface area contributed by atoms with Crippen LogP contribution >= 0.6 is 0 Å². The maximum absolute atomic E-state index is 13.5. The number of amides is 1. The van der Waals surface area contributed by atoms with Crippen LogP contribution in [0.5, 0.6) is 11.5 Å². The van der Waals surface area contributed by atoms with Gasteiger partial charge >= 0.3 is 0 Å². The summed E-state index contributed by atoms with van der Waals surface area (Å²) in [5.74, 6) is 0.0512. The number of ether oxygens (including phenoxy) is 2. The molecule has 0 saturated carbocycles. The first-order valence-electron chi connectivity index (χ1n) is 12.6. The molecule has 2 heterocycles. The summed E-state index contributed by atoms with van der Waals surface area (Å²) in [4.78, 5) is 28.3. The van der Waals surface area contributed by atoms with Crippen LogP contribution in [0.25, 0.3) is 0 Å². The molecule has 1 amide bonds. The van der Waals surface area contributed by atoms with Gasteiger partial charge in [-0.2, -0.15) is 0 Å². The minimum absolute atomic E-state index is 0.00826. The van der Waals surface area contributed by atoms with Gasteiger partial charge in [0.25, 0.3) is 5.91 Å². The zero-order chi connectivity index (χ0) is 26.4. The Morgan fingerprint density at radius 3 is 2.51 bits per heavy atom. The molecule has 1 aromatic heterocycles. The third-order valence-electron chi connectivity index (χ3n) is 6.51. The molecular weight excluding hydrogens is 470 g/mol. The van der Waals surface area contributed by atoms with Crippen LogP contribution in [0, 0.1) is 6.92 Å². The van der Waals surface area contributed by atoms with Crippen molar-refractivity contribution in [1.82, 2.24) is 4.90 Å². The van der Waals surface area contributed by atoms with E-state index in [1.54, 1.807) is 38.3 Å². The van der Waals surface area contributed by atoms with Crippen LogP contribution in [0.4, 0.5) is 0 Å². The van der Waals surface area contributed by atoms with E-state index in [0.717, 1.165) is 24.8 Å². The third kappa shape index (κ3) is 5.71. The minimum Gasteiger partial charge on any atom is -0.503 e. The van der Waals surface area contributed by atoms with Crippen LogP contribution in [0.1, 0.15) is 59.7 Å². The van der Waals surface area contributed by atoms with Crippen LogP contribution in [0.2, 0.25) is 0 Å². The highest BCUT2D eigenvalue weighted by atomic mass is 16.5. The molecule has 0 bridgehead atoms. The molecule has 0 radical (unpaired) electrons. The highest BCUT2D eigenvalue weighted by Crippen LogP contribution is 2.42. The third-order valence-corrected chi connectivity index (χ3v) is 6.51. The van der Waals surface area contributed by atoms with E-state index >= 15 is 0 Å². The summed E-state index contributed by atoms with van der Waals surface area (Å²) in [6.45, 7) is 4.74. The Labute approximate surface area is 217 Å². The number of aryl methyl sites for hydroxylation is 1. The number of unbranched alkanes of at least 4 members (excludes halogenated alkanes) is 2. The SMILES string of the molecule is CCCCCOc1ccc(C2C(C(=O)c3ccc(C)o3)=C(O)C(=O)N2CCc2ccccc2)cc1OC. The highest BCUT2D eigenvalue weighted by molar-refractivity contribution is 6.15. The molecule has 4 rings (SSSR count). The van der Waals surface area contributed by atoms with Crippen LogP contribution in [-0.4, -0.2) is 42.0 Å². The van der Waals surface area contributed by atoms with Gasteiger partial charge in [-0.25, -0.2) is 0 Å². The second-order valence-corrected chi connectivity index (χ2v) is 9.10. The van der Waals surface area contributed by atoms with Crippen LogP contribution < -0.4 is 9.47 Å². The molecule has 194 valence electrons. The van der Waals surface area contributed by atoms with E-state index in [0.29, 0.717) is 42.4 Å². The maximum Gasteiger partial charge on any atom is 0.290 e. The zero-order valence-electron chi connectivity index (χ0n) is 21.5. The van der Waals surface area contributed by atoms with Crippen molar-refractivity contribution in [3.8, 4) is 11.5 Å². The van der Waals surface area contributed by atoms with Gasteiger partial charge in [0.15, 0.2) is 23.0 Å². The summed E-state index contributed by atoms with van der Waals surface area (Å²) in [5, 5.41) is 10.9. The molecule has 0 saturated heterocycles. The lowest BCUT2D eigenvalue weighted by Crippen LogP contribution is -2.33. The summed E-state index contributed by atoms with van der Waals surface area (Å²) in [7, 11) is 1.55. The van der Waals surface area contributed by atoms with Gasteiger partial charge in [-0.1, -0.05) is 56.2 Å². The van der Waals surface area contributed by atoms with Gasteiger partial charge < -0.3 is 23.9 Å². The lowest BCUT2D eigenvalue weighted by molar-refractivity contribution is -0.129. The molecule has 3 aromatic rings. The normalized spacial score (nSPS) is 15.4. The number of carbonyl (C=O) groups excluding carboxylic acids is 2. The van der Waals surface area contributed by atoms with E-state index < -0.39 is 23.5 Å². The second kappa shape index (κ2) is 11.8. The van der Waals surface area contributed by atoms with Crippen molar-refractivity contribution in [3.05, 3.63) is 94.6 Å². The number of methoxy groups -OCH3 is 1. The number of ketones is 1. The van der Waals surface area contributed by atoms with Crippen molar-refractivity contribution in [3.63, 3.8) is 0 Å². The van der Waals surface area contributed by atoms with Crippen LogP contribution in [-0.2, 0) is 11.2 Å². The molecule has 2 aromatic carbocycles. The Balaban J connectivity index is 1.69. The molecule has 0 spiro atoms. The molecule has 0 fully saturated rings. The van der Waals surface area contributed by atoms with E-state index in [2.05, 4.69) is 6.92 Å². The molecule has 1 aliphatic rings. The van der Waals surface area contributed by atoms with Gasteiger partial charge in [0.2, 0.25) is 5.78 Å². The Bertz CT molecular complexity index is 1280. The number of Topliss-reactive ketones (excluding diaryl/α,β-unsaturated/α-hetero) is 1. The first-order valence-corrected chi connectivity index (χ1v) is 12.6. The molecule has 1 aliphatic heterocycles. The molecule has 37 heavy (non-hydrogen) atoms. The van der Waals surface area contributed by atoms with E-state index in [1.807, 2.05) is 36.4 Å². The lowest BCUT2D eigenvalue weighted by atomic mass is 9.94. The molecule has 1 atom stereocenters. The van der Waals surface area contributed by atoms with Crippen molar-refractivity contribution >= 4 is 11.7 Å². The summed E-state index contributed by atoms with van der Waals surface area (Å²) in [6, 6.07) is 17.6. The Morgan fingerprint density at radius 1 is 1.05 bits per heavy atom. The predicted molar refractivity (Wildman–Crippen MR) is 140 cm³/mol. The molecule has 0 aliphatic carbocycles. The molecule has 7 heteroatoms. The summed E-state index contributed by atoms with van der Waals surface area (Å²) in [6.07, 6.45) is 3.66. The van der Waals surface area contributed by atoms with E-state index in [4.69, 9.17) is 13.9 Å². The fourth-order valence-electron chi connectivity index (χ4n) is 4.55. The first kappa shape index (κ1) is 26.1. The number of carbonyl (C=O) groups is 2. The lowest BCUT2D eigenvalue weighted by Gasteiger charge is -2.27. The maximum atomic E-state index is 13.5. The van der Waals surface area contributed by atoms with Crippen LogP contribution in [0.15, 0.2) is 76.4 Å². The number of aliphatic hydroxyl groups is 1. The van der Waals surface area contributed by atoms with Crippen molar-refractivity contribution in [1.29, 1.82) is 0 Å². The van der Waals surface area contributed by atoms with Crippen LogP contribution in [0.3, 0.4) is 0 Å². The van der Waals surface area contributed by atoms with Gasteiger partial charge in [-0.15, -0.1) is 0 Å². The fourth-order valence-corrected chi connectivity index (χ4v) is 4.55. The standard InChI is InChI=1S/C30H33NO6/c1-4-5-9-18-36-23-15-13-22(19-25(23)35-3)27-26(28(32)24-14-12-20(2)37-24)29(33)30(34)31(27)17-16-21-10-7-6-8-11-21/h6-8,10-15,19,27,33H,4-5,9,16-18H2,1-3H3. The average molecular weight is 504 g/mol. The topological polar surface area (TPSA) is 89.2 Å². The zero-order valence-corrected chi connectivity index (χ0v) is 21.5. The number of hydrogen-bond donors (Lipinski definition) is 1. The number of benzene rings is 2. The number of nitrogens with zero attached hydrogens (tertiary/aromatic N) is 1. The number of rotatable bonds is 12. The van der Waals surface area contributed by atoms with E-state index in [-0.39, 0.29) is 11.3 Å². The second-order valence-electron chi connectivity index (χ2n) is 9.10. The predicted octanol–water partition coefficient (Wildman–Crippen LogP) is 5.99. The quantitative estimate of drug-likeness (QED) is 0.241. The summed E-state index contributed by atoms with van der Waals surface area (Å²) in [5.41, 5.74) is 1.67. The Hall–Kier alpha value is -4.00. The summed E-state index contributed by atoms with van der Waals surface area (Å²) >= 11 is 0. The smallest absolute Gasteiger partial charge is 0.290 e. The van der Waals surface area contributed by atoms with Crippen molar-refractivity contribution in [2.75, 3.05) is 20.3 Å². The highest BCUT2D eigenvalue weighted by Gasteiger charge is 2.44. The van der Waals surface area contributed by atoms with Crippen molar-refractivity contribution < 1.29 is 28.6 Å². The van der Waals surface area contributed by atoms with Crippen molar-refractivity contribution in [2.45, 2.75) is 45.6 Å². The molecule has 1 N–H and O–H groups in total. The number of hydrogen-bond acceptors (Lipinski definition) is 6. The van der Waals surface area contributed by atoms with E-state index in [1.165, 1.54) is 4.90 Å². The monoisotopic (exact) mass is 503 g/mol. The van der Waals surface area contributed by atoms with Gasteiger partial charge in [0.05, 0.1) is 25.3 Å². The Morgan fingerprint density at radius 2 is 1.84 bits per heavy atom. The van der Waals surface area contributed by atoms with Gasteiger partial charge in [-0.3, -0.25) is 9.59 Å². The fraction of sp³-hybridized carbons (Fsp3) is 0.333. The average Bonchev–Trinajstić information content (AvgIpc) is 3.46. The Kier molecular flexibility index (Phi) is 8.33. The van der Waals surface area contributed by atoms with Gasteiger partial charge in [-0.05, 0) is 55.2 Å². The van der Waals surface area contributed by atoms with E-state index in [9.17, 15) is 14.7 Å². The number of furan rings is 1. The number of aliphatic hydroxyl groups excluding tert-OH is 1. The van der Waals surface area contributed by atoms with Crippen molar-refractivity contribution in [2.24, 2.45) is 0 Å². The van der Waals surface area contributed by atoms with Gasteiger partial charge in [0, 0.05) is 6.54 Å². The first-order chi connectivity index (χ1) is 17.9. The van der Waals surface area contributed by atoms with Gasteiger partial charge in [0.1, 0.15) is 5.76 Å². The molecular formula is C30H33NO6. The molecule has 1 unspecified atom stereocenters. The summed E-state index contributed by atoms with van der Waals surface area (Å²) < 4.78 is 17.1. The minimum atomic E-state index is -0.808. The largest absolute Gasteiger partial charge is 0.503 e. The molecule has 7 nitrogen and oxygen atoms in total.